The molecule has 1 N–H and O–H groups in total. The molecule has 1 saturated carbocycles. The van der Waals surface area contributed by atoms with Gasteiger partial charge in [-0.25, -0.2) is 0 Å². The fourth-order valence-electron chi connectivity index (χ4n) is 3.57. The van der Waals surface area contributed by atoms with E-state index in [9.17, 15) is 4.79 Å². The van der Waals surface area contributed by atoms with Gasteiger partial charge in [0.25, 0.3) is 0 Å². The van der Waals surface area contributed by atoms with Gasteiger partial charge in [0.05, 0.1) is 0 Å². The lowest BCUT2D eigenvalue weighted by Gasteiger charge is -2.34. The Kier molecular flexibility index (Phi) is 4.22. The minimum Gasteiger partial charge on any atom is -0.342 e. The van der Waals surface area contributed by atoms with Crippen LogP contribution in [0.25, 0.3) is 0 Å². The first-order valence-corrected chi connectivity index (χ1v) is 7.20. The van der Waals surface area contributed by atoms with Crippen molar-refractivity contribution in [2.75, 3.05) is 26.2 Å². The van der Waals surface area contributed by atoms with Crippen molar-refractivity contribution >= 4 is 18.3 Å². The number of hydrogen-bond donors (Lipinski definition) is 1. The maximum absolute atomic E-state index is 12.4. The molecule has 1 atom stereocenters. The van der Waals surface area contributed by atoms with Gasteiger partial charge in [-0.05, 0) is 56.5 Å². The Balaban J connectivity index is 0.00000120. The lowest BCUT2D eigenvalue weighted by Crippen LogP contribution is -2.41. The van der Waals surface area contributed by atoms with Crippen molar-refractivity contribution in [1.29, 1.82) is 0 Å². The zero-order valence-electron chi connectivity index (χ0n) is 11.3. The van der Waals surface area contributed by atoms with Gasteiger partial charge in [-0.3, -0.25) is 4.79 Å². The van der Waals surface area contributed by atoms with Crippen LogP contribution < -0.4 is 5.32 Å². The number of halogens is 1. The third kappa shape index (κ3) is 2.67. The summed E-state index contributed by atoms with van der Waals surface area (Å²) in [5.74, 6) is 1.42. The molecule has 3 fully saturated rings. The van der Waals surface area contributed by atoms with Crippen molar-refractivity contribution in [3.8, 4) is 0 Å². The molecule has 0 aromatic heterocycles. The Morgan fingerprint density at radius 3 is 2.56 bits per heavy atom. The lowest BCUT2D eigenvalue weighted by atomic mass is 9.78. The summed E-state index contributed by atoms with van der Waals surface area (Å²) in [5, 5.41) is 3.43. The number of carbonyl (C=O) groups excluding carboxylic acids is 1. The number of hydrogen-bond acceptors (Lipinski definition) is 2. The van der Waals surface area contributed by atoms with Crippen LogP contribution in [-0.2, 0) is 4.79 Å². The highest BCUT2D eigenvalue weighted by molar-refractivity contribution is 5.85. The van der Waals surface area contributed by atoms with Gasteiger partial charge in [-0.15, -0.1) is 12.4 Å². The third-order valence-corrected chi connectivity index (χ3v) is 5.13. The van der Waals surface area contributed by atoms with Crippen LogP contribution in [-0.4, -0.2) is 37.0 Å². The van der Waals surface area contributed by atoms with Gasteiger partial charge in [-0.1, -0.05) is 6.92 Å². The highest BCUT2D eigenvalue weighted by Gasteiger charge is 2.43. The van der Waals surface area contributed by atoms with Crippen LogP contribution in [0.1, 0.15) is 39.0 Å². The van der Waals surface area contributed by atoms with Gasteiger partial charge >= 0.3 is 0 Å². The first-order valence-electron chi connectivity index (χ1n) is 7.20. The SMILES string of the molecule is CC(C(=O)N1CCC2(CCNCC2)C1)C1CC1.Cl. The van der Waals surface area contributed by atoms with E-state index < -0.39 is 0 Å². The maximum atomic E-state index is 12.4. The molecule has 3 rings (SSSR count). The fraction of sp³-hybridized carbons (Fsp3) is 0.929. The zero-order chi connectivity index (χ0) is 11.9. The second-order valence-corrected chi connectivity index (χ2v) is 6.39. The van der Waals surface area contributed by atoms with Crippen LogP contribution in [0.3, 0.4) is 0 Å². The monoisotopic (exact) mass is 272 g/mol. The Labute approximate surface area is 116 Å². The summed E-state index contributed by atoms with van der Waals surface area (Å²) in [6, 6.07) is 0. The summed E-state index contributed by atoms with van der Waals surface area (Å²) in [7, 11) is 0. The first kappa shape index (κ1) is 14.1. The van der Waals surface area contributed by atoms with Gasteiger partial charge in [0.15, 0.2) is 0 Å². The predicted octanol–water partition coefficient (Wildman–Crippen LogP) is 2.06. The van der Waals surface area contributed by atoms with E-state index in [0.717, 1.165) is 26.2 Å². The number of nitrogens with one attached hydrogen (secondary N) is 1. The van der Waals surface area contributed by atoms with Gasteiger partial charge in [0, 0.05) is 19.0 Å². The van der Waals surface area contributed by atoms with E-state index in [1.165, 1.54) is 32.1 Å². The molecule has 2 heterocycles. The molecule has 0 aromatic rings. The minimum absolute atomic E-state index is 0. The summed E-state index contributed by atoms with van der Waals surface area (Å²) in [6.07, 6.45) is 6.30. The van der Waals surface area contributed by atoms with Gasteiger partial charge in [-0.2, -0.15) is 0 Å². The van der Waals surface area contributed by atoms with Gasteiger partial charge < -0.3 is 10.2 Å². The molecule has 0 bridgehead atoms. The lowest BCUT2D eigenvalue weighted by molar-refractivity contribution is -0.135. The van der Waals surface area contributed by atoms with Crippen LogP contribution >= 0.6 is 12.4 Å². The highest BCUT2D eigenvalue weighted by atomic mass is 35.5. The average molecular weight is 273 g/mol. The van der Waals surface area contributed by atoms with Gasteiger partial charge in [0.1, 0.15) is 0 Å². The highest BCUT2D eigenvalue weighted by Crippen LogP contribution is 2.42. The summed E-state index contributed by atoms with van der Waals surface area (Å²) in [5.41, 5.74) is 0.462. The molecule has 4 heteroatoms. The van der Waals surface area contributed by atoms with E-state index in [4.69, 9.17) is 0 Å². The summed E-state index contributed by atoms with van der Waals surface area (Å²) in [4.78, 5) is 14.5. The number of likely N-dealkylation sites (tertiary alicyclic amines) is 1. The first-order chi connectivity index (χ1) is 8.20. The molecule has 3 aliphatic rings. The normalized spacial score (nSPS) is 27.9. The molecular weight excluding hydrogens is 248 g/mol. The van der Waals surface area contributed by atoms with E-state index in [-0.39, 0.29) is 18.3 Å². The minimum atomic E-state index is 0. The van der Waals surface area contributed by atoms with E-state index in [1.807, 2.05) is 0 Å². The Hall–Kier alpha value is -0.280. The number of nitrogens with zero attached hydrogens (tertiary/aromatic N) is 1. The van der Waals surface area contributed by atoms with Crippen molar-refractivity contribution in [3.05, 3.63) is 0 Å². The quantitative estimate of drug-likeness (QED) is 0.835. The van der Waals surface area contributed by atoms with Crippen LogP contribution in [0.15, 0.2) is 0 Å². The smallest absolute Gasteiger partial charge is 0.225 e. The van der Waals surface area contributed by atoms with Crippen LogP contribution in [0.4, 0.5) is 0 Å². The summed E-state index contributed by atoms with van der Waals surface area (Å²) >= 11 is 0. The van der Waals surface area contributed by atoms with Crippen LogP contribution in [0.2, 0.25) is 0 Å². The Morgan fingerprint density at radius 1 is 1.28 bits per heavy atom. The Morgan fingerprint density at radius 2 is 1.94 bits per heavy atom. The molecular formula is C14H25ClN2O. The average Bonchev–Trinajstić information content (AvgIpc) is 3.13. The molecule has 2 saturated heterocycles. The molecule has 1 unspecified atom stereocenters. The number of carbonyl (C=O) groups is 1. The molecule has 0 aromatic carbocycles. The zero-order valence-corrected chi connectivity index (χ0v) is 12.1. The topological polar surface area (TPSA) is 32.3 Å². The Bertz CT molecular complexity index is 311. The molecule has 104 valence electrons. The van der Waals surface area contributed by atoms with E-state index >= 15 is 0 Å². The molecule has 3 nitrogen and oxygen atoms in total. The largest absolute Gasteiger partial charge is 0.342 e. The van der Waals surface area contributed by atoms with E-state index in [2.05, 4.69) is 17.1 Å². The van der Waals surface area contributed by atoms with Crippen molar-refractivity contribution < 1.29 is 4.79 Å². The van der Waals surface area contributed by atoms with Gasteiger partial charge in [0.2, 0.25) is 5.91 Å². The summed E-state index contributed by atoms with van der Waals surface area (Å²) < 4.78 is 0. The molecule has 18 heavy (non-hydrogen) atoms. The maximum Gasteiger partial charge on any atom is 0.225 e. The molecule has 0 radical (unpaired) electrons. The van der Waals surface area contributed by atoms with Crippen LogP contribution in [0.5, 0.6) is 0 Å². The molecule has 2 aliphatic heterocycles. The second-order valence-electron chi connectivity index (χ2n) is 6.39. The van der Waals surface area contributed by atoms with Crippen molar-refractivity contribution in [2.24, 2.45) is 17.3 Å². The standard InChI is InChI=1S/C14H24N2O.ClH/c1-11(12-2-3-12)13(17)16-9-6-14(10-16)4-7-15-8-5-14;/h11-12,15H,2-10H2,1H3;1H. The van der Waals surface area contributed by atoms with Crippen LogP contribution in [0, 0.1) is 17.3 Å². The predicted molar refractivity (Wildman–Crippen MR) is 74.9 cm³/mol. The molecule has 1 amide bonds. The van der Waals surface area contributed by atoms with E-state index in [0.29, 0.717) is 17.2 Å². The summed E-state index contributed by atoms with van der Waals surface area (Å²) in [6.45, 7) is 6.45. The third-order valence-electron chi connectivity index (χ3n) is 5.13. The van der Waals surface area contributed by atoms with Crippen molar-refractivity contribution in [2.45, 2.75) is 39.0 Å². The number of piperidine rings is 1. The van der Waals surface area contributed by atoms with Crippen molar-refractivity contribution in [3.63, 3.8) is 0 Å². The fourth-order valence-corrected chi connectivity index (χ4v) is 3.57. The number of amides is 1. The number of rotatable bonds is 2. The second kappa shape index (κ2) is 5.38. The molecule has 1 aliphatic carbocycles. The van der Waals surface area contributed by atoms with Crippen molar-refractivity contribution in [1.82, 2.24) is 10.2 Å². The van der Waals surface area contributed by atoms with E-state index in [1.54, 1.807) is 0 Å². The molecule has 1 spiro atoms.